The number of carbonyl (C=O) groups is 1. The number of hydrogen-bond donors (Lipinski definition) is 1. The van der Waals surface area contributed by atoms with Crippen molar-refractivity contribution in [3.05, 3.63) is 66.0 Å². The summed E-state index contributed by atoms with van der Waals surface area (Å²) in [5.41, 5.74) is 2.83. The van der Waals surface area contributed by atoms with Gasteiger partial charge in [-0.2, -0.15) is 4.98 Å². The molecular formula is C32H40N8O. The van der Waals surface area contributed by atoms with Crippen LogP contribution in [0.4, 0.5) is 23.3 Å². The minimum atomic E-state index is -0.569. The van der Waals surface area contributed by atoms with Gasteiger partial charge in [-0.05, 0) is 50.4 Å². The summed E-state index contributed by atoms with van der Waals surface area (Å²) in [6, 6.07) is 14.8. The third kappa shape index (κ3) is 5.01. The Morgan fingerprint density at radius 3 is 2.49 bits per heavy atom. The lowest BCUT2D eigenvalue weighted by molar-refractivity contribution is -0.141. The molecule has 3 aliphatic heterocycles. The number of amides is 1. The maximum absolute atomic E-state index is 14.3. The molecule has 1 spiro atoms. The van der Waals surface area contributed by atoms with Crippen LogP contribution in [-0.2, 0) is 17.8 Å². The summed E-state index contributed by atoms with van der Waals surface area (Å²) < 4.78 is 0. The van der Waals surface area contributed by atoms with Crippen LogP contribution >= 0.6 is 0 Å². The van der Waals surface area contributed by atoms with Crippen molar-refractivity contribution in [2.75, 3.05) is 54.9 Å². The number of piperidine rings is 1. The minimum absolute atomic E-state index is 0.244. The number of carbonyl (C=O) groups excluding carboxylic acids is 1. The second-order valence-electron chi connectivity index (χ2n) is 12.2. The number of rotatable bonds is 6. The number of nitrogens with one attached hydrogen (secondary N) is 1. The fraction of sp³-hybridized carbons (Fsp3) is 0.500. The van der Waals surface area contributed by atoms with E-state index in [-0.39, 0.29) is 5.91 Å². The van der Waals surface area contributed by atoms with Gasteiger partial charge in [0.05, 0.1) is 11.9 Å². The molecule has 9 nitrogen and oxygen atoms in total. The van der Waals surface area contributed by atoms with E-state index in [1.54, 1.807) is 0 Å². The number of fused-ring (bicyclic) bond motifs is 1. The molecule has 9 heteroatoms. The fourth-order valence-corrected chi connectivity index (χ4v) is 7.31. The smallest absolute Gasteiger partial charge is 0.249 e. The van der Waals surface area contributed by atoms with Crippen LogP contribution in [0.3, 0.4) is 0 Å². The minimum Gasteiger partial charge on any atom is -0.368 e. The van der Waals surface area contributed by atoms with Gasteiger partial charge in [-0.15, -0.1) is 0 Å². The summed E-state index contributed by atoms with van der Waals surface area (Å²) >= 11 is 0. The van der Waals surface area contributed by atoms with Crippen LogP contribution in [0.2, 0.25) is 0 Å². The molecule has 0 bridgehead atoms. The Morgan fingerprint density at radius 2 is 1.73 bits per heavy atom. The van der Waals surface area contributed by atoms with Crippen LogP contribution in [0.25, 0.3) is 0 Å². The molecule has 1 atom stereocenters. The lowest BCUT2D eigenvalue weighted by Gasteiger charge is -2.47. The van der Waals surface area contributed by atoms with Gasteiger partial charge in [0.2, 0.25) is 11.9 Å². The average Bonchev–Trinajstić information content (AvgIpc) is 3.63. The van der Waals surface area contributed by atoms with Gasteiger partial charge in [0.25, 0.3) is 0 Å². The first-order chi connectivity index (χ1) is 20.1. The van der Waals surface area contributed by atoms with Crippen LogP contribution in [-0.4, -0.2) is 82.0 Å². The number of aromatic nitrogens is 3. The van der Waals surface area contributed by atoms with Crippen LogP contribution in [0, 0.1) is 0 Å². The lowest BCUT2D eigenvalue weighted by atomic mass is 9.83. The van der Waals surface area contributed by atoms with Crippen molar-refractivity contribution in [1.29, 1.82) is 0 Å². The van der Waals surface area contributed by atoms with E-state index in [0.29, 0.717) is 25.0 Å². The first-order valence-electron chi connectivity index (χ1n) is 15.2. The highest BCUT2D eigenvalue weighted by Crippen LogP contribution is 2.47. The summed E-state index contributed by atoms with van der Waals surface area (Å²) in [5.74, 6) is 2.44. The molecule has 1 aliphatic carbocycles. The number of pyridine rings is 1. The second kappa shape index (κ2) is 10.9. The van der Waals surface area contributed by atoms with E-state index >= 15 is 0 Å². The van der Waals surface area contributed by atoms with E-state index in [2.05, 4.69) is 72.3 Å². The SMILES string of the molecule is CN1CCN(c2ccc(Nc3ncc4c(n3)N(C3CCCC3)C3(CCCN(Cc5ccccc5)C3=O)C4)nc2)CC1. The van der Waals surface area contributed by atoms with E-state index in [4.69, 9.17) is 4.98 Å². The fourth-order valence-electron chi connectivity index (χ4n) is 7.31. The number of nitrogens with zero attached hydrogens (tertiary/aromatic N) is 7. The molecule has 2 saturated heterocycles. The summed E-state index contributed by atoms with van der Waals surface area (Å²) in [4.78, 5) is 38.0. The number of benzene rings is 1. The topological polar surface area (TPSA) is 80.7 Å². The predicted octanol–water partition coefficient (Wildman–Crippen LogP) is 4.23. The Kier molecular flexibility index (Phi) is 6.98. The van der Waals surface area contributed by atoms with Gasteiger partial charge in [0, 0.05) is 63.5 Å². The normalized spacial score (nSPS) is 23.4. The Balaban J connectivity index is 1.14. The van der Waals surface area contributed by atoms with Gasteiger partial charge in [0.1, 0.15) is 17.2 Å². The van der Waals surface area contributed by atoms with E-state index in [1.807, 2.05) is 24.5 Å². The van der Waals surface area contributed by atoms with Crippen LogP contribution in [0.15, 0.2) is 54.9 Å². The van der Waals surface area contributed by atoms with E-state index in [9.17, 15) is 4.79 Å². The number of anilines is 4. The molecule has 5 heterocycles. The molecule has 41 heavy (non-hydrogen) atoms. The van der Waals surface area contributed by atoms with Gasteiger partial charge in [-0.1, -0.05) is 43.2 Å². The molecule has 4 aliphatic rings. The maximum atomic E-state index is 14.3. The van der Waals surface area contributed by atoms with E-state index < -0.39 is 5.54 Å². The van der Waals surface area contributed by atoms with Crippen molar-refractivity contribution in [3.8, 4) is 0 Å². The highest BCUT2D eigenvalue weighted by Gasteiger charge is 2.55. The van der Waals surface area contributed by atoms with Crippen molar-refractivity contribution in [3.63, 3.8) is 0 Å². The number of likely N-dealkylation sites (tertiary alicyclic amines) is 1. The zero-order valence-corrected chi connectivity index (χ0v) is 24.0. The molecule has 214 valence electrons. The third-order valence-electron chi connectivity index (χ3n) is 9.48. The van der Waals surface area contributed by atoms with Crippen LogP contribution in [0.1, 0.15) is 49.7 Å². The quantitative estimate of drug-likeness (QED) is 0.487. The lowest BCUT2D eigenvalue weighted by Crippen LogP contribution is -2.63. The Labute approximate surface area is 242 Å². The van der Waals surface area contributed by atoms with Crippen LogP contribution in [0.5, 0.6) is 0 Å². The van der Waals surface area contributed by atoms with Crippen molar-refractivity contribution >= 4 is 29.2 Å². The summed E-state index contributed by atoms with van der Waals surface area (Å²) in [6.07, 6.45) is 11.0. The van der Waals surface area contributed by atoms with Gasteiger partial charge in [-0.3, -0.25) is 4.79 Å². The summed E-state index contributed by atoms with van der Waals surface area (Å²) in [5, 5.41) is 3.34. The molecule has 0 radical (unpaired) electrons. The highest BCUT2D eigenvalue weighted by atomic mass is 16.2. The van der Waals surface area contributed by atoms with Crippen molar-refractivity contribution in [2.45, 2.75) is 63.1 Å². The van der Waals surface area contributed by atoms with E-state index in [1.165, 1.54) is 18.4 Å². The Bertz CT molecular complexity index is 1370. The first kappa shape index (κ1) is 26.2. The average molecular weight is 553 g/mol. The zero-order chi connectivity index (χ0) is 27.8. The maximum Gasteiger partial charge on any atom is 0.249 e. The van der Waals surface area contributed by atoms with Gasteiger partial charge in [-0.25, -0.2) is 9.97 Å². The molecular weight excluding hydrogens is 512 g/mol. The summed E-state index contributed by atoms with van der Waals surface area (Å²) in [6.45, 7) is 5.62. The molecule has 7 rings (SSSR count). The van der Waals surface area contributed by atoms with Gasteiger partial charge >= 0.3 is 0 Å². The molecule has 3 fully saturated rings. The Morgan fingerprint density at radius 1 is 0.927 bits per heavy atom. The standard InChI is InChI=1S/C32H40N8O/c1-37-16-18-38(19-17-37)27-12-13-28(33-22-27)35-31-34-21-25-20-32(40(29(25)36-31)26-10-5-6-11-26)14-7-15-39(30(32)41)23-24-8-3-2-4-9-24/h2-4,8-9,12-13,21-22,26H,5-7,10-11,14-20,23H2,1H3,(H,33,34,35,36). The first-order valence-corrected chi connectivity index (χ1v) is 15.2. The Hall–Kier alpha value is -3.72. The predicted molar refractivity (Wildman–Crippen MR) is 162 cm³/mol. The molecule has 1 unspecified atom stereocenters. The van der Waals surface area contributed by atoms with Crippen molar-refractivity contribution in [2.24, 2.45) is 0 Å². The monoisotopic (exact) mass is 552 g/mol. The number of hydrogen-bond acceptors (Lipinski definition) is 8. The largest absolute Gasteiger partial charge is 0.368 e. The van der Waals surface area contributed by atoms with Crippen molar-refractivity contribution < 1.29 is 4.79 Å². The van der Waals surface area contributed by atoms with Crippen LogP contribution < -0.4 is 15.1 Å². The molecule has 1 N–H and O–H groups in total. The van der Waals surface area contributed by atoms with Gasteiger partial charge in [0.15, 0.2) is 0 Å². The molecule has 1 aromatic carbocycles. The molecule has 3 aromatic rings. The number of likely N-dealkylation sites (N-methyl/N-ethyl adjacent to an activating group) is 1. The number of piperazine rings is 1. The highest BCUT2D eigenvalue weighted by molar-refractivity contribution is 5.93. The second-order valence-corrected chi connectivity index (χ2v) is 12.2. The molecule has 2 aromatic heterocycles. The molecule has 1 amide bonds. The van der Waals surface area contributed by atoms with Crippen molar-refractivity contribution in [1.82, 2.24) is 24.8 Å². The summed E-state index contributed by atoms with van der Waals surface area (Å²) in [7, 11) is 2.17. The zero-order valence-electron chi connectivity index (χ0n) is 24.0. The van der Waals surface area contributed by atoms with Gasteiger partial charge < -0.3 is 24.9 Å². The van der Waals surface area contributed by atoms with E-state index in [0.717, 1.165) is 81.3 Å². The molecule has 1 saturated carbocycles. The third-order valence-corrected chi connectivity index (χ3v) is 9.48.